The molecule has 0 saturated carbocycles. The first-order chi connectivity index (χ1) is 9.27. The van der Waals surface area contributed by atoms with E-state index in [1.54, 1.807) is 0 Å². The summed E-state index contributed by atoms with van der Waals surface area (Å²) in [6.07, 6.45) is 2.47. The number of nitrogens with one attached hydrogen (secondary N) is 1. The van der Waals surface area contributed by atoms with Gasteiger partial charge in [0.1, 0.15) is 0 Å². The largest absolute Gasteiger partial charge is 0.317 e. The van der Waals surface area contributed by atoms with E-state index < -0.39 is 0 Å². The molecule has 0 bridgehead atoms. The number of rotatable bonds is 10. The van der Waals surface area contributed by atoms with Crippen molar-refractivity contribution in [3.05, 3.63) is 35.9 Å². The molecule has 1 unspecified atom stereocenters. The maximum Gasteiger partial charge on any atom is -0.000687 e. The summed E-state index contributed by atoms with van der Waals surface area (Å²) in [5.41, 5.74) is 1.45. The lowest BCUT2D eigenvalue weighted by Gasteiger charge is -2.18. The maximum absolute atomic E-state index is 3.56. The molecule has 19 heavy (non-hydrogen) atoms. The Morgan fingerprint density at radius 3 is 2.37 bits per heavy atom. The molecule has 0 aromatic heterocycles. The van der Waals surface area contributed by atoms with Gasteiger partial charge in [0.05, 0.1) is 0 Å². The van der Waals surface area contributed by atoms with Crippen LogP contribution < -0.4 is 5.32 Å². The maximum atomic E-state index is 3.56. The number of hydrogen-bond donors (Lipinski definition) is 1. The van der Waals surface area contributed by atoms with E-state index in [0.717, 1.165) is 13.1 Å². The van der Waals surface area contributed by atoms with Crippen LogP contribution in [0.4, 0.5) is 0 Å². The highest BCUT2D eigenvalue weighted by Gasteiger charge is 2.04. The van der Waals surface area contributed by atoms with Gasteiger partial charge in [-0.05, 0) is 57.0 Å². The van der Waals surface area contributed by atoms with Crippen molar-refractivity contribution in [3.63, 3.8) is 0 Å². The van der Waals surface area contributed by atoms with Crippen LogP contribution in [0, 0.1) is 0 Å². The normalized spacial score (nSPS) is 12.8. The molecule has 0 aliphatic rings. The quantitative estimate of drug-likeness (QED) is 0.649. The number of hydrogen-bond acceptors (Lipinski definition) is 2. The Bertz CT molecular complexity index is 306. The Balaban J connectivity index is 2.05. The molecule has 0 amide bonds. The Hall–Kier alpha value is -0.860. The van der Waals surface area contributed by atoms with E-state index in [2.05, 4.69) is 61.3 Å². The second kappa shape index (κ2) is 9.99. The standard InChI is InChI=1S/C17H30N2/c1-4-19(5-2)15-9-13-18-14-12-16(3)17-10-7-6-8-11-17/h6-8,10-11,16,18H,4-5,9,12-15H2,1-3H3. The average molecular weight is 262 g/mol. The first kappa shape index (κ1) is 16.2. The van der Waals surface area contributed by atoms with Gasteiger partial charge in [-0.15, -0.1) is 0 Å². The summed E-state index contributed by atoms with van der Waals surface area (Å²) >= 11 is 0. The minimum absolute atomic E-state index is 0.650. The third-order valence-electron chi connectivity index (χ3n) is 3.85. The van der Waals surface area contributed by atoms with E-state index in [-0.39, 0.29) is 0 Å². The topological polar surface area (TPSA) is 15.3 Å². The molecular formula is C17H30N2. The summed E-state index contributed by atoms with van der Waals surface area (Å²) in [7, 11) is 0. The van der Waals surface area contributed by atoms with Crippen molar-refractivity contribution in [1.82, 2.24) is 10.2 Å². The minimum atomic E-state index is 0.650. The molecular weight excluding hydrogens is 232 g/mol. The van der Waals surface area contributed by atoms with Crippen molar-refractivity contribution in [3.8, 4) is 0 Å². The van der Waals surface area contributed by atoms with Crippen molar-refractivity contribution in [2.45, 2.75) is 39.5 Å². The van der Waals surface area contributed by atoms with E-state index in [1.807, 2.05) is 0 Å². The van der Waals surface area contributed by atoms with Gasteiger partial charge < -0.3 is 10.2 Å². The molecule has 1 aromatic rings. The molecule has 0 saturated heterocycles. The third-order valence-corrected chi connectivity index (χ3v) is 3.85. The molecule has 1 aromatic carbocycles. The summed E-state index contributed by atoms with van der Waals surface area (Å²) in [6.45, 7) is 12.6. The van der Waals surface area contributed by atoms with Gasteiger partial charge in [0.2, 0.25) is 0 Å². The van der Waals surface area contributed by atoms with E-state index in [1.165, 1.54) is 38.0 Å². The van der Waals surface area contributed by atoms with Crippen molar-refractivity contribution >= 4 is 0 Å². The van der Waals surface area contributed by atoms with E-state index in [0.29, 0.717) is 5.92 Å². The van der Waals surface area contributed by atoms with Crippen molar-refractivity contribution in [2.24, 2.45) is 0 Å². The Morgan fingerprint density at radius 2 is 1.74 bits per heavy atom. The molecule has 108 valence electrons. The zero-order chi connectivity index (χ0) is 13.9. The lowest BCUT2D eigenvalue weighted by atomic mass is 9.98. The highest BCUT2D eigenvalue weighted by atomic mass is 15.1. The molecule has 0 radical (unpaired) electrons. The average Bonchev–Trinajstić information content (AvgIpc) is 2.47. The van der Waals surface area contributed by atoms with Gasteiger partial charge in [-0.3, -0.25) is 0 Å². The van der Waals surface area contributed by atoms with Crippen LogP contribution in [-0.2, 0) is 0 Å². The number of benzene rings is 1. The fourth-order valence-corrected chi connectivity index (χ4v) is 2.36. The van der Waals surface area contributed by atoms with Crippen molar-refractivity contribution in [1.29, 1.82) is 0 Å². The van der Waals surface area contributed by atoms with Gasteiger partial charge in [0.25, 0.3) is 0 Å². The molecule has 0 aliphatic carbocycles. The molecule has 1 rings (SSSR count). The highest BCUT2D eigenvalue weighted by Crippen LogP contribution is 2.17. The van der Waals surface area contributed by atoms with Crippen LogP contribution in [0.25, 0.3) is 0 Å². The smallest absolute Gasteiger partial charge is 0.000687 e. The SMILES string of the molecule is CCN(CC)CCCNCCC(C)c1ccccc1. The lowest BCUT2D eigenvalue weighted by molar-refractivity contribution is 0.298. The monoisotopic (exact) mass is 262 g/mol. The highest BCUT2D eigenvalue weighted by molar-refractivity contribution is 5.18. The van der Waals surface area contributed by atoms with Crippen LogP contribution in [0.1, 0.15) is 45.1 Å². The molecule has 1 N–H and O–H groups in total. The van der Waals surface area contributed by atoms with E-state index >= 15 is 0 Å². The van der Waals surface area contributed by atoms with Crippen LogP contribution >= 0.6 is 0 Å². The van der Waals surface area contributed by atoms with Crippen LogP contribution in [-0.4, -0.2) is 37.6 Å². The van der Waals surface area contributed by atoms with Gasteiger partial charge in [0, 0.05) is 0 Å². The first-order valence-electron chi connectivity index (χ1n) is 7.75. The Labute approximate surface area is 119 Å². The Morgan fingerprint density at radius 1 is 1.05 bits per heavy atom. The molecule has 2 nitrogen and oxygen atoms in total. The summed E-state index contributed by atoms with van der Waals surface area (Å²) < 4.78 is 0. The summed E-state index contributed by atoms with van der Waals surface area (Å²) in [5, 5.41) is 3.56. The number of nitrogens with zero attached hydrogens (tertiary/aromatic N) is 1. The zero-order valence-corrected chi connectivity index (χ0v) is 12.9. The van der Waals surface area contributed by atoms with Crippen LogP contribution in [0.15, 0.2) is 30.3 Å². The summed E-state index contributed by atoms with van der Waals surface area (Å²) in [4.78, 5) is 2.48. The van der Waals surface area contributed by atoms with E-state index in [4.69, 9.17) is 0 Å². The predicted octanol–water partition coefficient (Wildman–Crippen LogP) is 3.50. The van der Waals surface area contributed by atoms with Crippen molar-refractivity contribution < 1.29 is 0 Å². The fourth-order valence-electron chi connectivity index (χ4n) is 2.36. The van der Waals surface area contributed by atoms with Crippen LogP contribution in [0.5, 0.6) is 0 Å². The van der Waals surface area contributed by atoms with Gasteiger partial charge in [-0.1, -0.05) is 51.1 Å². The van der Waals surface area contributed by atoms with Gasteiger partial charge in [-0.25, -0.2) is 0 Å². The molecule has 0 heterocycles. The Kier molecular flexibility index (Phi) is 8.52. The molecule has 2 heteroatoms. The van der Waals surface area contributed by atoms with Gasteiger partial charge >= 0.3 is 0 Å². The van der Waals surface area contributed by atoms with Crippen LogP contribution in [0.2, 0.25) is 0 Å². The van der Waals surface area contributed by atoms with Crippen LogP contribution in [0.3, 0.4) is 0 Å². The van der Waals surface area contributed by atoms with E-state index in [9.17, 15) is 0 Å². The predicted molar refractivity (Wildman–Crippen MR) is 84.7 cm³/mol. The third kappa shape index (κ3) is 6.74. The fraction of sp³-hybridized carbons (Fsp3) is 0.647. The summed E-state index contributed by atoms with van der Waals surface area (Å²) in [6, 6.07) is 10.8. The molecule has 0 spiro atoms. The first-order valence-corrected chi connectivity index (χ1v) is 7.75. The second-order valence-electron chi connectivity index (χ2n) is 5.23. The summed E-state index contributed by atoms with van der Waals surface area (Å²) in [5.74, 6) is 0.650. The zero-order valence-electron chi connectivity index (χ0n) is 12.9. The molecule has 1 atom stereocenters. The molecule has 0 fully saturated rings. The van der Waals surface area contributed by atoms with Crippen molar-refractivity contribution in [2.75, 3.05) is 32.7 Å². The lowest BCUT2D eigenvalue weighted by Crippen LogP contribution is -2.27. The minimum Gasteiger partial charge on any atom is -0.317 e. The van der Waals surface area contributed by atoms with Gasteiger partial charge in [0.15, 0.2) is 0 Å². The molecule has 0 aliphatic heterocycles. The second-order valence-corrected chi connectivity index (χ2v) is 5.23. The van der Waals surface area contributed by atoms with Gasteiger partial charge in [-0.2, -0.15) is 0 Å².